The Kier molecular flexibility index (Phi) is 7.96. The first-order valence-electron chi connectivity index (χ1n) is 10.5. The molecule has 0 fully saturated rings. The molecule has 4 aromatic rings. The maximum atomic E-state index is 12.5. The molecule has 0 atom stereocenters. The zero-order valence-corrected chi connectivity index (χ0v) is 21.2. The SMILES string of the molecule is [C-]#[N+]c1c(-c2cccc(OC)c2)nc(SCc2ccc(NC(=O)c3ccc(Cl)c(Cl)c3)cc2)[nH]c1=O. The number of amides is 1. The summed E-state index contributed by atoms with van der Waals surface area (Å²) < 4.78 is 5.25. The molecule has 7 nitrogen and oxygen atoms in total. The summed E-state index contributed by atoms with van der Waals surface area (Å²) in [4.78, 5) is 35.6. The molecule has 1 aromatic heterocycles. The van der Waals surface area contributed by atoms with Crippen molar-refractivity contribution in [3.05, 3.63) is 110 Å². The summed E-state index contributed by atoms with van der Waals surface area (Å²) in [6.07, 6.45) is 0. The van der Waals surface area contributed by atoms with E-state index in [1.807, 2.05) is 12.1 Å². The highest BCUT2D eigenvalue weighted by Crippen LogP contribution is 2.30. The second-order valence-electron chi connectivity index (χ2n) is 7.48. The van der Waals surface area contributed by atoms with Crippen LogP contribution in [-0.4, -0.2) is 23.0 Å². The van der Waals surface area contributed by atoms with Crippen LogP contribution < -0.4 is 15.6 Å². The standard InChI is InChI=1S/C26H18Cl2N4O3S/c1-29-23-22(16-4-3-5-19(12-16)35-2)31-26(32-25(23)34)36-14-15-6-9-18(10-7-15)30-24(33)17-8-11-20(27)21(28)13-17/h3-13H,14H2,2H3,(H,30,33)(H,31,32,34). The number of methoxy groups -OCH3 is 1. The number of aromatic nitrogens is 2. The summed E-state index contributed by atoms with van der Waals surface area (Å²) in [6.45, 7) is 7.41. The Morgan fingerprint density at radius 2 is 1.89 bits per heavy atom. The lowest BCUT2D eigenvalue weighted by Crippen LogP contribution is -2.11. The first kappa shape index (κ1) is 25.3. The molecular weight excluding hydrogens is 519 g/mol. The van der Waals surface area contributed by atoms with Gasteiger partial charge in [-0.2, -0.15) is 0 Å². The highest BCUT2D eigenvalue weighted by molar-refractivity contribution is 7.98. The first-order valence-corrected chi connectivity index (χ1v) is 12.3. The van der Waals surface area contributed by atoms with Crippen molar-refractivity contribution in [1.82, 2.24) is 9.97 Å². The topological polar surface area (TPSA) is 88.4 Å². The molecule has 180 valence electrons. The number of carbonyl (C=O) groups is 1. The predicted molar refractivity (Wildman–Crippen MR) is 144 cm³/mol. The Bertz CT molecular complexity index is 1530. The van der Waals surface area contributed by atoms with Crippen LogP contribution in [-0.2, 0) is 5.75 Å². The van der Waals surface area contributed by atoms with Gasteiger partial charge in [0.2, 0.25) is 0 Å². The fourth-order valence-electron chi connectivity index (χ4n) is 3.27. The van der Waals surface area contributed by atoms with E-state index >= 15 is 0 Å². The highest BCUT2D eigenvalue weighted by Gasteiger charge is 2.15. The molecule has 4 rings (SSSR count). The third-order valence-corrected chi connectivity index (χ3v) is 6.78. The first-order chi connectivity index (χ1) is 17.4. The summed E-state index contributed by atoms with van der Waals surface area (Å²) in [6, 6.07) is 19.0. The number of rotatable bonds is 7. The van der Waals surface area contributed by atoms with E-state index in [9.17, 15) is 9.59 Å². The van der Waals surface area contributed by atoms with Crippen molar-refractivity contribution in [1.29, 1.82) is 0 Å². The monoisotopic (exact) mass is 536 g/mol. The van der Waals surface area contributed by atoms with Gasteiger partial charge in [-0.05, 0) is 53.6 Å². The van der Waals surface area contributed by atoms with Gasteiger partial charge < -0.3 is 15.0 Å². The number of benzene rings is 3. The highest BCUT2D eigenvalue weighted by atomic mass is 35.5. The smallest absolute Gasteiger partial charge is 0.276 e. The predicted octanol–water partition coefficient (Wildman–Crippen LogP) is 6.85. The number of H-pyrrole nitrogens is 1. The van der Waals surface area contributed by atoms with Gasteiger partial charge in [-0.15, -0.1) is 0 Å². The summed E-state index contributed by atoms with van der Waals surface area (Å²) in [7, 11) is 1.55. The van der Waals surface area contributed by atoms with E-state index in [0.29, 0.717) is 49.2 Å². The Balaban J connectivity index is 1.47. The normalized spacial score (nSPS) is 10.5. The number of ether oxygens (including phenoxy) is 1. The molecule has 0 aliphatic carbocycles. The van der Waals surface area contributed by atoms with Crippen LogP contribution in [0, 0.1) is 6.57 Å². The number of carbonyl (C=O) groups excluding carboxylic acids is 1. The van der Waals surface area contributed by atoms with Crippen LogP contribution in [0.4, 0.5) is 11.4 Å². The van der Waals surface area contributed by atoms with E-state index in [4.69, 9.17) is 34.5 Å². The lowest BCUT2D eigenvalue weighted by molar-refractivity contribution is 0.102. The van der Waals surface area contributed by atoms with Gasteiger partial charge >= 0.3 is 0 Å². The van der Waals surface area contributed by atoms with Crippen LogP contribution in [0.25, 0.3) is 16.1 Å². The second-order valence-corrected chi connectivity index (χ2v) is 9.26. The minimum atomic E-state index is -0.499. The molecule has 0 bridgehead atoms. The van der Waals surface area contributed by atoms with Crippen molar-refractivity contribution < 1.29 is 9.53 Å². The van der Waals surface area contributed by atoms with Gasteiger partial charge in [0.15, 0.2) is 5.16 Å². The molecular formula is C26H18Cl2N4O3S. The number of hydrogen-bond acceptors (Lipinski definition) is 5. The Morgan fingerprint density at radius 3 is 2.58 bits per heavy atom. The molecule has 36 heavy (non-hydrogen) atoms. The van der Waals surface area contributed by atoms with Gasteiger partial charge in [-0.1, -0.05) is 59.2 Å². The number of halogens is 2. The molecule has 0 radical (unpaired) electrons. The minimum absolute atomic E-state index is 0.0744. The molecule has 0 saturated heterocycles. The number of aromatic amines is 1. The molecule has 0 spiro atoms. The molecule has 0 aliphatic heterocycles. The zero-order chi connectivity index (χ0) is 25.7. The molecule has 1 amide bonds. The van der Waals surface area contributed by atoms with Gasteiger partial charge in [-0.25, -0.2) is 9.83 Å². The van der Waals surface area contributed by atoms with E-state index in [1.165, 1.54) is 17.8 Å². The zero-order valence-electron chi connectivity index (χ0n) is 18.8. The number of nitrogens with zero attached hydrogens (tertiary/aromatic N) is 2. The summed E-state index contributed by atoms with van der Waals surface area (Å²) in [5.41, 5.74) is 2.32. The number of anilines is 1. The number of nitrogens with one attached hydrogen (secondary N) is 2. The summed E-state index contributed by atoms with van der Waals surface area (Å²) in [5, 5.41) is 3.89. The van der Waals surface area contributed by atoms with Crippen molar-refractivity contribution in [3.63, 3.8) is 0 Å². The molecule has 10 heteroatoms. The second kappa shape index (κ2) is 11.3. The third kappa shape index (κ3) is 5.89. The maximum absolute atomic E-state index is 12.5. The van der Waals surface area contributed by atoms with Crippen LogP contribution in [0.2, 0.25) is 10.0 Å². The minimum Gasteiger partial charge on any atom is -0.497 e. The Morgan fingerprint density at radius 1 is 1.11 bits per heavy atom. The van der Waals surface area contributed by atoms with Gasteiger partial charge in [-0.3, -0.25) is 9.59 Å². The lowest BCUT2D eigenvalue weighted by atomic mass is 10.1. The Labute approximate surface area is 221 Å². The van der Waals surface area contributed by atoms with E-state index in [0.717, 1.165) is 5.56 Å². The van der Waals surface area contributed by atoms with Crippen molar-refractivity contribution in [3.8, 4) is 17.0 Å². The number of thioether (sulfide) groups is 1. The summed E-state index contributed by atoms with van der Waals surface area (Å²) in [5.74, 6) is 0.812. The number of hydrogen-bond donors (Lipinski definition) is 2. The van der Waals surface area contributed by atoms with Crippen molar-refractivity contribution in [2.45, 2.75) is 10.9 Å². The molecule has 0 aliphatic rings. The molecule has 0 saturated carbocycles. The Hall–Kier alpha value is -3.77. The molecule has 3 aromatic carbocycles. The fraction of sp³-hybridized carbons (Fsp3) is 0.0769. The third-order valence-electron chi connectivity index (χ3n) is 5.10. The molecule has 0 unspecified atom stereocenters. The van der Waals surface area contributed by atoms with Crippen molar-refractivity contribution >= 4 is 52.2 Å². The van der Waals surface area contributed by atoms with E-state index < -0.39 is 5.56 Å². The van der Waals surface area contributed by atoms with Crippen LogP contribution >= 0.6 is 35.0 Å². The van der Waals surface area contributed by atoms with E-state index in [-0.39, 0.29) is 11.6 Å². The van der Waals surface area contributed by atoms with Crippen molar-refractivity contribution in [2.75, 3.05) is 12.4 Å². The van der Waals surface area contributed by atoms with Gasteiger partial charge in [0.1, 0.15) is 5.75 Å². The van der Waals surface area contributed by atoms with Crippen molar-refractivity contribution in [2.24, 2.45) is 0 Å². The van der Waals surface area contributed by atoms with Gasteiger partial charge in [0, 0.05) is 17.0 Å². The van der Waals surface area contributed by atoms with Crippen LogP contribution in [0.15, 0.2) is 76.7 Å². The molecule has 2 N–H and O–H groups in total. The largest absolute Gasteiger partial charge is 0.497 e. The maximum Gasteiger partial charge on any atom is 0.276 e. The fourth-order valence-corrected chi connectivity index (χ4v) is 4.38. The average molecular weight is 537 g/mol. The van der Waals surface area contributed by atoms with E-state index in [1.54, 1.807) is 55.6 Å². The lowest BCUT2D eigenvalue weighted by Gasteiger charge is -2.09. The van der Waals surface area contributed by atoms with Crippen LogP contribution in [0.3, 0.4) is 0 Å². The average Bonchev–Trinajstić information content (AvgIpc) is 2.89. The van der Waals surface area contributed by atoms with Gasteiger partial charge in [0.05, 0.1) is 29.4 Å². The van der Waals surface area contributed by atoms with Crippen LogP contribution in [0.1, 0.15) is 15.9 Å². The van der Waals surface area contributed by atoms with Gasteiger partial charge in [0.25, 0.3) is 17.2 Å². The summed E-state index contributed by atoms with van der Waals surface area (Å²) >= 11 is 13.2. The molecule has 1 heterocycles. The van der Waals surface area contributed by atoms with E-state index in [2.05, 4.69) is 20.1 Å². The quantitative estimate of drug-likeness (QED) is 0.153. The van der Waals surface area contributed by atoms with Crippen LogP contribution in [0.5, 0.6) is 5.75 Å².